The molecule has 0 N–H and O–H groups in total. The minimum atomic E-state index is 0.764. The molecule has 6 aromatic rings. The van der Waals surface area contributed by atoms with Crippen molar-refractivity contribution in [3.8, 4) is 33.8 Å². The zero-order chi connectivity index (χ0) is 21.5. The zero-order valence-electron chi connectivity index (χ0n) is 17.6. The number of nitrogens with zero attached hydrogens (tertiary/aromatic N) is 2. The van der Waals surface area contributed by atoms with E-state index in [0.29, 0.717) is 0 Å². The van der Waals surface area contributed by atoms with Crippen molar-refractivity contribution >= 4 is 31.5 Å². The highest BCUT2D eigenvalue weighted by atomic mass is 32.1. The highest BCUT2D eigenvalue weighted by Crippen LogP contribution is 2.40. The molecule has 0 atom stereocenters. The number of thiophene rings is 1. The summed E-state index contributed by atoms with van der Waals surface area (Å²) in [5.74, 6) is 0.764. The van der Waals surface area contributed by atoms with E-state index in [1.54, 1.807) is 0 Å². The number of fused-ring (bicyclic) bond motifs is 3. The molecule has 0 aliphatic carbocycles. The van der Waals surface area contributed by atoms with Gasteiger partial charge in [0.25, 0.3) is 0 Å². The molecule has 0 aliphatic heterocycles. The fourth-order valence-electron chi connectivity index (χ4n) is 4.23. The van der Waals surface area contributed by atoms with Gasteiger partial charge in [-0.3, -0.25) is 0 Å². The normalized spacial score (nSPS) is 11.3. The predicted molar refractivity (Wildman–Crippen MR) is 136 cm³/mol. The van der Waals surface area contributed by atoms with Crippen LogP contribution < -0.4 is 0 Å². The van der Waals surface area contributed by atoms with E-state index in [1.165, 1.54) is 31.3 Å². The van der Waals surface area contributed by atoms with Crippen LogP contribution in [-0.4, -0.2) is 9.97 Å². The second-order valence-electron chi connectivity index (χ2n) is 7.94. The minimum Gasteiger partial charge on any atom is -0.233 e. The summed E-state index contributed by atoms with van der Waals surface area (Å²) in [5, 5.41) is 2.65. The van der Waals surface area contributed by atoms with Crippen molar-refractivity contribution < 1.29 is 0 Å². The maximum atomic E-state index is 4.85. The number of hydrogen-bond donors (Lipinski definition) is 0. The summed E-state index contributed by atoms with van der Waals surface area (Å²) in [4.78, 5) is 9.49. The summed E-state index contributed by atoms with van der Waals surface area (Å²) in [6.45, 7) is 2.02. The van der Waals surface area contributed by atoms with Crippen molar-refractivity contribution in [2.24, 2.45) is 0 Å². The first kappa shape index (κ1) is 18.9. The third-order valence-electron chi connectivity index (χ3n) is 5.78. The molecular weight excluding hydrogens is 408 g/mol. The Balaban J connectivity index is 1.42. The van der Waals surface area contributed by atoms with Gasteiger partial charge in [-0.15, -0.1) is 11.3 Å². The van der Waals surface area contributed by atoms with Crippen LogP contribution in [0, 0.1) is 6.92 Å². The lowest BCUT2D eigenvalue weighted by atomic mass is 10.0. The molecule has 0 radical (unpaired) electrons. The lowest BCUT2D eigenvalue weighted by Gasteiger charge is -2.08. The van der Waals surface area contributed by atoms with Crippen LogP contribution in [-0.2, 0) is 0 Å². The van der Waals surface area contributed by atoms with E-state index in [2.05, 4.69) is 71.7 Å². The molecule has 0 saturated heterocycles. The number of hydrogen-bond acceptors (Lipinski definition) is 3. The molecule has 0 amide bonds. The first-order valence-electron chi connectivity index (χ1n) is 10.7. The summed E-state index contributed by atoms with van der Waals surface area (Å²) < 4.78 is 2.67. The second kappa shape index (κ2) is 7.70. The molecule has 4 aromatic carbocycles. The van der Waals surface area contributed by atoms with Crippen LogP contribution in [0.1, 0.15) is 5.69 Å². The van der Waals surface area contributed by atoms with E-state index in [9.17, 15) is 0 Å². The minimum absolute atomic E-state index is 0.764. The van der Waals surface area contributed by atoms with Gasteiger partial charge in [0.15, 0.2) is 5.82 Å². The number of aromatic nitrogens is 2. The largest absolute Gasteiger partial charge is 0.233 e. The molecular formula is C29H20N2S. The predicted octanol–water partition coefficient (Wildman–Crippen LogP) is 8.15. The average molecular weight is 429 g/mol. The first-order valence-corrected chi connectivity index (χ1v) is 11.5. The Morgan fingerprint density at radius 1 is 0.594 bits per heavy atom. The van der Waals surface area contributed by atoms with Crippen LogP contribution in [0.3, 0.4) is 0 Å². The Hall–Kier alpha value is -3.82. The van der Waals surface area contributed by atoms with Crippen LogP contribution in [0.25, 0.3) is 53.9 Å². The van der Waals surface area contributed by atoms with Crippen LogP contribution in [0.5, 0.6) is 0 Å². The molecule has 3 heteroatoms. The van der Waals surface area contributed by atoms with Crippen LogP contribution in [0.15, 0.2) is 103 Å². The molecule has 0 bridgehead atoms. The summed E-state index contributed by atoms with van der Waals surface area (Å²) in [5.41, 5.74) is 6.54. The van der Waals surface area contributed by atoms with E-state index < -0.39 is 0 Å². The molecule has 2 nitrogen and oxygen atoms in total. The van der Waals surface area contributed by atoms with Gasteiger partial charge in [0.2, 0.25) is 0 Å². The van der Waals surface area contributed by atoms with Gasteiger partial charge in [0, 0.05) is 37.0 Å². The Morgan fingerprint density at radius 2 is 1.31 bits per heavy atom. The van der Waals surface area contributed by atoms with Gasteiger partial charge in [0.1, 0.15) is 0 Å². The molecule has 0 fully saturated rings. The van der Waals surface area contributed by atoms with Crippen molar-refractivity contribution in [2.75, 3.05) is 0 Å². The topological polar surface area (TPSA) is 25.8 Å². The van der Waals surface area contributed by atoms with Crippen molar-refractivity contribution in [1.29, 1.82) is 0 Å². The van der Waals surface area contributed by atoms with E-state index in [1.807, 2.05) is 54.7 Å². The summed E-state index contributed by atoms with van der Waals surface area (Å²) >= 11 is 1.86. The molecule has 2 aromatic heterocycles. The lowest BCUT2D eigenvalue weighted by Crippen LogP contribution is -1.95. The van der Waals surface area contributed by atoms with Crippen molar-refractivity contribution in [2.45, 2.75) is 6.92 Å². The second-order valence-corrected chi connectivity index (χ2v) is 8.99. The molecule has 0 aliphatic rings. The molecule has 6 rings (SSSR count). The van der Waals surface area contributed by atoms with Crippen molar-refractivity contribution in [3.63, 3.8) is 0 Å². The van der Waals surface area contributed by atoms with Crippen LogP contribution in [0.2, 0.25) is 0 Å². The number of benzene rings is 4. The molecule has 0 unspecified atom stereocenters. The number of aryl methyl sites for hydroxylation is 1. The standard InChI is InChI=1S/C29H20N2S/c1-19-18-26(31-29(30-19)22-8-3-2-4-9-22)21-16-14-20(15-17-21)23-11-7-12-25-24-10-5-6-13-27(24)32-28(23)25/h2-18H,1H3. The van der Waals surface area contributed by atoms with Crippen LogP contribution in [0.4, 0.5) is 0 Å². The third-order valence-corrected chi connectivity index (χ3v) is 7.00. The molecule has 2 heterocycles. The SMILES string of the molecule is Cc1cc(-c2ccc(-c3cccc4c3sc3ccccc34)cc2)nc(-c2ccccc2)n1. The fraction of sp³-hybridized carbons (Fsp3) is 0.0345. The van der Waals surface area contributed by atoms with Crippen molar-refractivity contribution in [3.05, 3.63) is 109 Å². The average Bonchev–Trinajstić information content (AvgIpc) is 3.23. The maximum Gasteiger partial charge on any atom is 0.160 e. The van der Waals surface area contributed by atoms with Gasteiger partial charge >= 0.3 is 0 Å². The van der Waals surface area contributed by atoms with E-state index in [0.717, 1.165) is 28.3 Å². The van der Waals surface area contributed by atoms with E-state index in [4.69, 9.17) is 4.98 Å². The molecule has 32 heavy (non-hydrogen) atoms. The van der Waals surface area contributed by atoms with E-state index in [-0.39, 0.29) is 0 Å². The Bertz CT molecular complexity index is 1560. The third kappa shape index (κ3) is 3.28. The Kier molecular flexibility index (Phi) is 4.55. The van der Waals surface area contributed by atoms with Gasteiger partial charge in [-0.2, -0.15) is 0 Å². The summed E-state index contributed by atoms with van der Waals surface area (Å²) in [6, 6.07) is 36.2. The van der Waals surface area contributed by atoms with Gasteiger partial charge in [-0.05, 0) is 30.2 Å². The molecule has 0 saturated carbocycles. The highest BCUT2D eigenvalue weighted by molar-refractivity contribution is 7.26. The quantitative estimate of drug-likeness (QED) is 0.284. The van der Waals surface area contributed by atoms with Crippen LogP contribution >= 0.6 is 11.3 Å². The summed E-state index contributed by atoms with van der Waals surface area (Å²) in [7, 11) is 0. The first-order chi connectivity index (χ1) is 15.8. The molecule has 0 spiro atoms. The smallest absolute Gasteiger partial charge is 0.160 e. The zero-order valence-corrected chi connectivity index (χ0v) is 18.4. The monoisotopic (exact) mass is 428 g/mol. The summed E-state index contributed by atoms with van der Waals surface area (Å²) in [6.07, 6.45) is 0. The van der Waals surface area contributed by atoms with Gasteiger partial charge in [0.05, 0.1) is 5.69 Å². The van der Waals surface area contributed by atoms with E-state index >= 15 is 0 Å². The van der Waals surface area contributed by atoms with Gasteiger partial charge in [-0.25, -0.2) is 9.97 Å². The highest BCUT2D eigenvalue weighted by Gasteiger charge is 2.11. The fourth-order valence-corrected chi connectivity index (χ4v) is 5.47. The molecule has 152 valence electrons. The lowest BCUT2D eigenvalue weighted by molar-refractivity contribution is 1.12. The maximum absolute atomic E-state index is 4.85. The van der Waals surface area contributed by atoms with Crippen molar-refractivity contribution in [1.82, 2.24) is 9.97 Å². The Labute approximate surface area is 190 Å². The number of rotatable bonds is 3. The van der Waals surface area contributed by atoms with Gasteiger partial charge in [-0.1, -0.05) is 91.0 Å². The Morgan fingerprint density at radius 3 is 2.16 bits per heavy atom. The van der Waals surface area contributed by atoms with Gasteiger partial charge < -0.3 is 0 Å².